The van der Waals surface area contributed by atoms with Crippen molar-refractivity contribution >= 4 is 15.7 Å². The Bertz CT molecular complexity index is 806. The van der Waals surface area contributed by atoms with Crippen LogP contribution in [0.1, 0.15) is 48.7 Å². The molecular formula is C17H21NO4S. The molecule has 6 heteroatoms. The van der Waals surface area contributed by atoms with Crippen LogP contribution >= 0.6 is 0 Å². The van der Waals surface area contributed by atoms with Gasteiger partial charge in [0.15, 0.2) is 9.84 Å². The molecule has 1 heterocycles. The molecule has 0 aliphatic rings. The first-order chi connectivity index (χ1) is 10.7. The van der Waals surface area contributed by atoms with E-state index in [0.717, 1.165) is 5.76 Å². The summed E-state index contributed by atoms with van der Waals surface area (Å²) in [6, 6.07) is 9.50. The molecule has 0 aliphatic heterocycles. The van der Waals surface area contributed by atoms with Crippen LogP contribution in [0.4, 0.5) is 0 Å². The maximum absolute atomic E-state index is 12.5. The summed E-state index contributed by atoms with van der Waals surface area (Å²) in [6.45, 7) is 6.80. The monoisotopic (exact) mass is 335 g/mol. The smallest absolute Gasteiger partial charge is 0.253 e. The lowest BCUT2D eigenvalue weighted by Gasteiger charge is -2.15. The standard InChI is InChI=1S/C17H21NO4S/c1-11(2)23(20,21)16-8-6-5-7-14(16)17(19)18-13(4)15-10-9-12(3)22-15/h5-11,13H,1-4H3,(H,18,19). The summed E-state index contributed by atoms with van der Waals surface area (Å²) in [5.74, 6) is 0.940. The number of carbonyl (C=O) groups excluding carboxylic acids is 1. The van der Waals surface area contributed by atoms with Crippen LogP contribution in [0.5, 0.6) is 0 Å². The maximum atomic E-state index is 12.5. The third kappa shape index (κ3) is 3.64. The number of sulfone groups is 1. The van der Waals surface area contributed by atoms with E-state index in [1.54, 1.807) is 39.0 Å². The predicted molar refractivity (Wildman–Crippen MR) is 88.1 cm³/mol. The number of nitrogens with one attached hydrogen (secondary N) is 1. The second-order valence-corrected chi connectivity index (χ2v) is 8.21. The van der Waals surface area contributed by atoms with E-state index in [-0.39, 0.29) is 16.5 Å². The van der Waals surface area contributed by atoms with Gasteiger partial charge in [-0.25, -0.2) is 8.42 Å². The van der Waals surface area contributed by atoms with Crippen LogP contribution in [0.15, 0.2) is 45.7 Å². The van der Waals surface area contributed by atoms with Crippen molar-refractivity contribution in [2.75, 3.05) is 0 Å². The molecule has 0 bridgehead atoms. The Kier molecular flexibility index (Phi) is 4.94. The lowest BCUT2D eigenvalue weighted by molar-refractivity contribution is 0.0931. The Morgan fingerprint density at radius 2 is 1.74 bits per heavy atom. The maximum Gasteiger partial charge on any atom is 0.253 e. The molecule has 0 saturated carbocycles. The zero-order valence-electron chi connectivity index (χ0n) is 13.7. The predicted octanol–water partition coefficient (Wildman–Crippen LogP) is 3.26. The van der Waals surface area contributed by atoms with Gasteiger partial charge in [0.25, 0.3) is 5.91 Å². The fraction of sp³-hybridized carbons (Fsp3) is 0.353. The fourth-order valence-electron chi connectivity index (χ4n) is 2.19. The molecule has 5 nitrogen and oxygen atoms in total. The first-order valence-corrected chi connectivity index (χ1v) is 8.98. The van der Waals surface area contributed by atoms with E-state index < -0.39 is 21.0 Å². The highest BCUT2D eigenvalue weighted by Gasteiger charge is 2.26. The van der Waals surface area contributed by atoms with E-state index in [1.807, 2.05) is 13.0 Å². The third-order valence-corrected chi connectivity index (χ3v) is 5.80. The van der Waals surface area contributed by atoms with Crippen molar-refractivity contribution in [1.82, 2.24) is 5.32 Å². The number of amides is 1. The minimum Gasteiger partial charge on any atom is -0.464 e. The summed E-state index contributed by atoms with van der Waals surface area (Å²) in [7, 11) is -3.53. The molecule has 1 unspecified atom stereocenters. The molecule has 2 rings (SSSR count). The summed E-state index contributed by atoms with van der Waals surface area (Å²) in [4.78, 5) is 12.6. The second kappa shape index (κ2) is 6.58. The van der Waals surface area contributed by atoms with Crippen LogP contribution in [0.3, 0.4) is 0 Å². The van der Waals surface area contributed by atoms with Gasteiger partial charge in [-0.05, 0) is 52.0 Å². The average Bonchev–Trinajstić information content (AvgIpc) is 2.93. The van der Waals surface area contributed by atoms with E-state index in [1.165, 1.54) is 12.1 Å². The van der Waals surface area contributed by atoms with Gasteiger partial charge in [-0.1, -0.05) is 12.1 Å². The van der Waals surface area contributed by atoms with Gasteiger partial charge in [-0.15, -0.1) is 0 Å². The number of hydrogen-bond donors (Lipinski definition) is 1. The van der Waals surface area contributed by atoms with Crippen LogP contribution in [-0.4, -0.2) is 19.6 Å². The minimum absolute atomic E-state index is 0.0512. The minimum atomic E-state index is -3.53. The molecule has 1 aromatic heterocycles. The van der Waals surface area contributed by atoms with Gasteiger partial charge in [0.2, 0.25) is 0 Å². The lowest BCUT2D eigenvalue weighted by Crippen LogP contribution is -2.28. The van der Waals surface area contributed by atoms with Crippen molar-refractivity contribution in [3.8, 4) is 0 Å². The zero-order valence-corrected chi connectivity index (χ0v) is 14.5. The molecule has 0 radical (unpaired) electrons. The Balaban J connectivity index is 2.30. The van der Waals surface area contributed by atoms with Crippen LogP contribution in [0, 0.1) is 6.92 Å². The number of furan rings is 1. The van der Waals surface area contributed by atoms with Gasteiger partial charge < -0.3 is 9.73 Å². The number of rotatable bonds is 5. The third-order valence-electron chi connectivity index (χ3n) is 3.59. The van der Waals surface area contributed by atoms with E-state index in [4.69, 9.17) is 4.42 Å². The lowest BCUT2D eigenvalue weighted by atomic mass is 10.2. The van der Waals surface area contributed by atoms with E-state index in [0.29, 0.717) is 5.76 Å². The number of carbonyl (C=O) groups is 1. The Morgan fingerprint density at radius 3 is 2.30 bits per heavy atom. The van der Waals surface area contributed by atoms with Gasteiger partial charge in [0.1, 0.15) is 11.5 Å². The van der Waals surface area contributed by atoms with Crippen molar-refractivity contribution in [2.24, 2.45) is 0 Å². The van der Waals surface area contributed by atoms with Gasteiger partial charge in [0, 0.05) is 0 Å². The summed E-state index contributed by atoms with van der Waals surface area (Å²) < 4.78 is 30.3. The number of aryl methyl sites for hydroxylation is 1. The molecule has 0 spiro atoms. The molecule has 124 valence electrons. The normalized spacial score (nSPS) is 13.1. The zero-order chi connectivity index (χ0) is 17.2. The highest BCUT2D eigenvalue weighted by Crippen LogP contribution is 2.22. The van der Waals surface area contributed by atoms with Crippen molar-refractivity contribution in [3.63, 3.8) is 0 Å². The molecule has 1 aromatic carbocycles. The van der Waals surface area contributed by atoms with E-state index in [9.17, 15) is 13.2 Å². The first kappa shape index (κ1) is 17.3. The van der Waals surface area contributed by atoms with Gasteiger partial charge >= 0.3 is 0 Å². The first-order valence-electron chi connectivity index (χ1n) is 7.43. The molecular weight excluding hydrogens is 314 g/mol. The molecule has 0 fully saturated rings. The largest absolute Gasteiger partial charge is 0.464 e. The average molecular weight is 335 g/mol. The van der Waals surface area contributed by atoms with E-state index in [2.05, 4.69) is 5.32 Å². The Labute approximate surface area is 136 Å². The molecule has 0 aliphatic carbocycles. The Morgan fingerprint density at radius 1 is 1.09 bits per heavy atom. The Hall–Kier alpha value is -2.08. The van der Waals surface area contributed by atoms with Crippen molar-refractivity contribution in [2.45, 2.75) is 43.9 Å². The number of benzene rings is 1. The molecule has 1 atom stereocenters. The SMILES string of the molecule is Cc1ccc(C(C)NC(=O)c2ccccc2S(=O)(=O)C(C)C)o1. The summed E-state index contributed by atoms with van der Waals surface area (Å²) in [6.07, 6.45) is 0. The van der Waals surface area contributed by atoms with Crippen molar-refractivity contribution in [1.29, 1.82) is 0 Å². The molecule has 1 N–H and O–H groups in total. The van der Waals surface area contributed by atoms with Gasteiger partial charge in [0.05, 0.1) is 21.8 Å². The summed E-state index contributed by atoms with van der Waals surface area (Å²) >= 11 is 0. The van der Waals surface area contributed by atoms with E-state index >= 15 is 0 Å². The molecule has 0 saturated heterocycles. The quantitative estimate of drug-likeness (QED) is 0.910. The highest BCUT2D eigenvalue weighted by molar-refractivity contribution is 7.92. The second-order valence-electron chi connectivity index (χ2n) is 5.73. The van der Waals surface area contributed by atoms with Crippen LogP contribution in [0.2, 0.25) is 0 Å². The van der Waals surface area contributed by atoms with Crippen molar-refractivity contribution < 1.29 is 17.6 Å². The summed E-state index contributed by atoms with van der Waals surface area (Å²) in [5, 5.41) is 2.18. The van der Waals surface area contributed by atoms with Crippen LogP contribution in [-0.2, 0) is 9.84 Å². The summed E-state index contributed by atoms with van der Waals surface area (Å²) in [5.41, 5.74) is 0.149. The molecule has 2 aromatic rings. The van der Waals surface area contributed by atoms with Crippen LogP contribution in [0.25, 0.3) is 0 Å². The topological polar surface area (TPSA) is 76.4 Å². The van der Waals surface area contributed by atoms with Gasteiger partial charge in [-0.3, -0.25) is 4.79 Å². The highest BCUT2D eigenvalue weighted by atomic mass is 32.2. The van der Waals surface area contributed by atoms with Gasteiger partial charge in [-0.2, -0.15) is 0 Å². The molecule has 1 amide bonds. The van der Waals surface area contributed by atoms with Crippen LogP contribution < -0.4 is 5.32 Å². The number of hydrogen-bond acceptors (Lipinski definition) is 4. The van der Waals surface area contributed by atoms with Crippen molar-refractivity contribution in [3.05, 3.63) is 53.5 Å². The molecule has 23 heavy (non-hydrogen) atoms. The fourth-order valence-corrected chi connectivity index (χ4v) is 3.43.